The summed E-state index contributed by atoms with van der Waals surface area (Å²) in [7, 11) is 0. The lowest BCUT2D eigenvalue weighted by molar-refractivity contribution is -0.116. The summed E-state index contributed by atoms with van der Waals surface area (Å²) in [6, 6.07) is 3.82. The Hall–Kier alpha value is -3.47. The summed E-state index contributed by atoms with van der Waals surface area (Å²) in [4.78, 5) is 24.4. The molecule has 0 bridgehead atoms. The molecule has 1 aromatic carbocycles. The van der Waals surface area contributed by atoms with E-state index in [4.69, 9.17) is 9.47 Å². The minimum Gasteiger partial charge on any atom is -0.444 e. The van der Waals surface area contributed by atoms with Gasteiger partial charge in [0.05, 0.1) is 23.1 Å². The first kappa shape index (κ1) is 22.7. The minimum atomic E-state index is -0.594. The number of ether oxygens (including phenoxy) is 2. The van der Waals surface area contributed by atoms with Crippen LogP contribution in [0.2, 0.25) is 0 Å². The maximum Gasteiger partial charge on any atom is 0.407 e. The van der Waals surface area contributed by atoms with Gasteiger partial charge in [0.15, 0.2) is 6.23 Å². The van der Waals surface area contributed by atoms with Crippen LogP contribution in [0.5, 0.6) is 0 Å². The number of hydrogen-bond acceptors (Lipinski definition) is 7. The number of alkyl carbamates (subject to hydrolysis) is 1. The van der Waals surface area contributed by atoms with Gasteiger partial charge in [0.1, 0.15) is 18.3 Å². The van der Waals surface area contributed by atoms with Crippen molar-refractivity contribution in [3.63, 3.8) is 0 Å². The van der Waals surface area contributed by atoms with Gasteiger partial charge in [-0.3, -0.25) is 9.36 Å². The number of aromatic nitrogens is 5. The largest absolute Gasteiger partial charge is 0.444 e. The SMILES string of the molecule is CC(C)(C)OC(=O)NCCC(=O)Nc1cc(-n2cnnc2)cc2c1cnn2C1CCCCO1. The zero-order chi connectivity index (χ0) is 23.4. The average Bonchev–Trinajstić information content (AvgIpc) is 3.43. The van der Waals surface area contributed by atoms with Gasteiger partial charge in [-0.15, -0.1) is 10.2 Å². The molecule has 0 saturated carbocycles. The van der Waals surface area contributed by atoms with Crippen LogP contribution in [0, 0.1) is 0 Å². The highest BCUT2D eigenvalue weighted by Crippen LogP contribution is 2.32. The maximum absolute atomic E-state index is 12.6. The summed E-state index contributed by atoms with van der Waals surface area (Å²) in [5.74, 6) is -0.241. The van der Waals surface area contributed by atoms with Gasteiger partial charge < -0.3 is 20.1 Å². The fraction of sp³-hybridized carbons (Fsp3) is 0.500. The van der Waals surface area contributed by atoms with Gasteiger partial charge in [-0.25, -0.2) is 9.48 Å². The van der Waals surface area contributed by atoms with Crippen molar-refractivity contribution in [1.29, 1.82) is 0 Å². The molecule has 2 N–H and O–H groups in total. The van der Waals surface area contributed by atoms with Gasteiger partial charge in [0.25, 0.3) is 0 Å². The highest BCUT2D eigenvalue weighted by Gasteiger charge is 2.21. The van der Waals surface area contributed by atoms with Crippen molar-refractivity contribution in [2.45, 2.75) is 58.3 Å². The summed E-state index contributed by atoms with van der Waals surface area (Å²) >= 11 is 0. The molecule has 0 spiro atoms. The quantitative estimate of drug-likeness (QED) is 0.585. The Balaban J connectivity index is 1.53. The number of rotatable bonds is 6. The number of carbonyl (C=O) groups is 2. The maximum atomic E-state index is 12.6. The van der Waals surface area contributed by atoms with Crippen LogP contribution in [0.25, 0.3) is 16.6 Å². The Morgan fingerprint density at radius 2 is 2.00 bits per heavy atom. The minimum absolute atomic E-state index is 0.0947. The number of nitrogens with zero attached hydrogens (tertiary/aromatic N) is 5. The normalized spacial score (nSPS) is 16.5. The topological polar surface area (TPSA) is 125 Å². The number of hydrogen-bond donors (Lipinski definition) is 2. The first-order valence-electron chi connectivity index (χ1n) is 11.0. The summed E-state index contributed by atoms with van der Waals surface area (Å²) in [5.41, 5.74) is 1.64. The van der Waals surface area contributed by atoms with Gasteiger partial charge in [0.2, 0.25) is 5.91 Å². The molecule has 1 unspecified atom stereocenters. The molecule has 33 heavy (non-hydrogen) atoms. The first-order valence-corrected chi connectivity index (χ1v) is 11.0. The third kappa shape index (κ3) is 5.67. The Morgan fingerprint density at radius 1 is 1.21 bits per heavy atom. The molecule has 0 radical (unpaired) electrons. The van der Waals surface area contributed by atoms with E-state index in [0.29, 0.717) is 12.3 Å². The second kappa shape index (κ2) is 9.57. The van der Waals surface area contributed by atoms with Crippen LogP contribution < -0.4 is 10.6 Å². The Morgan fingerprint density at radius 3 is 2.70 bits per heavy atom. The lowest BCUT2D eigenvalue weighted by Crippen LogP contribution is -2.34. The van der Waals surface area contributed by atoms with Crippen LogP contribution in [-0.4, -0.2) is 55.3 Å². The molecule has 4 rings (SSSR count). The molecule has 3 heterocycles. The average molecular weight is 456 g/mol. The molecule has 1 fully saturated rings. The number of anilines is 1. The van der Waals surface area contributed by atoms with Crippen LogP contribution in [-0.2, 0) is 14.3 Å². The van der Waals surface area contributed by atoms with Crippen molar-refractivity contribution >= 4 is 28.6 Å². The van der Waals surface area contributed by atoms with Gasteiger partial charge in [-0.2, -0.15) is 5.10 Å². The van der Waals surface area contributed by atoms with Gasteiger partial charge in [0, 0.05) is 25.0 Å². The molecule has 0 aliphatic carbocycles. The van der Waals surface area contributed by atoms with Crippen LogP contribution in [0.15, 0.2) is 31.0 Å². The third-order valence-corrected chi connectivity index (χ3v) is 5.14. The third-order valence-electron chi connectivity index (χ3n) is 5.14. The number of nitrogens with one attached hydrogen (secondary N) is 2. The lowest BCUT2D eigenvalue weighted by Gasteiger charge is -2.23. The summed E-state index contributed by atoms with van der Waals surface area (Å²) < 4.78 is 14.7. The monoisotopic (exact) mass is 455 g/mol. The molecule has 11 nitrogen and oxygen atoms in total. The van der Waals surface area contributed by atoms with Crippen molar-refractivity contribution in [3.8, 4) is 5.69 Å². The standard InChI is InChI=1S/C22H29N7O4/c1-22(2,3)33-21(31)23-8-7-19(30)27-17-10-15(28-13-24-25-14-28)11-18-16(17)12-26-29(18)20-6-4-5-9-32-20/h10-14,20H,4-9H2,1-3H3,(H,23,31)(H,27,30). The van der Waals surface area contributed by atoms with E-state index < -0.39 is 11.7 Å². The first-order chi connectivity index (χ1) is 15.8. The number of carbonyl (C=O) groups excluding carboxylic acids is 2. The van der Waals surface area contributed by atoms with E-state index in [-0.39, 0.29) is 25.1 Å². The van der Waals surface area contributed by atoms with Gasteiger partial charge in [-0.1, -0.05) is 0 Å². The van der Waals surface area contributed by atoms with E-state index in [9.17, 15) is 9.59 Å². The smallest absolute Gasteiger partial charge is 0.407 e. The van der Waals surface area contributed by atoms with Gasteiger partial charge in [-0.05, 0) is 52.2 Å². The summed E-state index contributed by atoms with van der Waals surface area (Å²) in [5, 5.41) is 18.7. The molecular formula is C22H29N7O4. The second-order valence-electron chi connectivity index (χ2n) is 8.93. The van der Waals surface area contributed by atoms with Crippen LogP contribution in [0.3, 0.4) is 0 Å². The van der Waals surface area contributed by atoms with E-state index in [1.54, 1.807) is 44.2 Å². The van der Waals surface area contributed by atoms with Crippen molar-refractivity contribution in [2.75, 3.05) is 18.5 Å². The van der Waals surface area contributed by atoms with Crippen molar-refractivity contribution in [1.82, 2.24) is 29.9 Å². The van der Waals surface area contributed by atoms with Crippen LogP contribution in [0.4, 0.5) is 10.5 Å². The predicted octanol–water partition coefficient (Wildman–Crippen LogP) is 3.17. The zero-order valence-electron chi connectivity index (χ0n) is 19.1. The van der Waals surface area contributed by atoms with Crippen LogP contribution >= 0.6 is 0 Å². The van der Waals surface area contributed by atoms with E-state index >= 15 is 0 Å². The fourth-order valence-electron chi connectivity index (χ4n) is 3.67. The predicted molar refractivity (Wildman–Crippen MR) is 121 cm³/mol. The molecule has 1 aliphatic heterocycles. The lowest BCUT2D eigenvalue weighted by atomic mass is 10.1. The number of benzene rings is 1. The van der Waals surface area contributed by atoms with E-state index in [1.165, 1.54) is 0 Å². The molecule has 1 aliphatic rings. The van der Waals surface area contributed by atoms with Crippen molar-refractivity contribution in [2.24, 2.45) is 0 Å². The Labute approximate surface area is 191 Å². The van der Waals surface area contributed by atoms with E-state index in [0.717, 1.165) is 35.9 Å². The number of amides is 2. The van der Waals surface area contributed by atoms with E-state index in [2.05, 4.69) is 25.9 Å². The molecule has 176 valence electrons. The molecule has 11 heteroatoms. The van der Waals surface area contributed by atoms with Gasteiger partial charge >= 0.3 is 6.09 Å². The molecule has 1 atom stereocenters. The molecular weight excluding hydrogens is 426 g/mol. The van der Waals surface area contributed by atoms with E-state index in [1.807, 2.05) is 16.8 Å². The highest BCUT2D eigenvalue weighted by molar-refractivity contribution is 6.02. The Kier molecular flexibility index (Phi) is 6.59. The van der Waals surface area contributed by atoms with Crippen LogP contribution in [0.1, 0.15) is 52.7 Å². The second-order valence-corrected chi connectivity index (χ2v) is 8.93. The van der Waals surface area contributed by atoms with Crippen molar-refractivity contribution < 1.29 is 19.1 Å². The molecule has 1 saturated heterocycles. The zero-order valence-corrected chi connectivity index (χ0v) is 19.1. The molecule has 3 aromatic rings. The highest BCUT2D eigenvalue weighted by atomic mass is 16.6. The summed E-state index contributed by atoms with van der Waals surface area (Å²) in [6.07, 6.45) is 7.31. The molecule has 2 aromatic heterocycles. The van der Waals surface area contributed by atoms with Crippen molar-refractivity contribution in [3.05, 3.63) is 31.0 Å². The fourth-order valence-corrected chi connectivity index (χ4v) is 3.67. The number of fused-ring (bicyclic) bond motifs is 1. The molecule has 2 amide bonds. The Bertz CT molecular complexity index is 1110. The summed E-state index contributed by atoms with van der Waals surface area (Å²) in [6.45, 7) is 6.21.